The van der Waals surface area contributed by atoms with E-state index in [1.807, 2.05) is 0 Å². The standard InChI is InChI=1S/C17H22FN5/c1-2-5-12-11-16(23-8-3-4-9-23)22-17(20-12)21-13-6-7-14(18)15(19)10-13/h6-7,10-11H,2-5,8-9,19H2,1H3,(H,20,21,22). The molecule has 0 spiro atoms. The van der Waals surface area contributed by atoms with Crippen molar-refractivity contribution in [2.24, 2.45) is 0 Å². The number of halogens is 1. The number of aromatic nitrogens is 2. The van der Waals surface area contributed by atoms with E-state index in [1.165, 1.54) is 18.9 Å². The van der Waals surface area contributed by atoms with Gasteiger partial charge in [0.15, 0.2) is 0 Å². The molecular weight excluding hydrogens is 293 g/mol. The molecular formula is C17H22FN5. The number of nitrogens with one attached hydrogen (secondary N) is 1. The van der Waals surface area contributed by atoms with Gasteiger partial charge in [0.05, 0.1) is 5.69 Å². The van der Waals surface area contributed by atoms with Crippen LogP contribution in [0.1, 0.15) is 31.9 Å². The van der Waals surface area contributed by atoms with E-state index in [1.54, 1.807) is 12.1 Å². The molecule has 3 N–H and O–H groups in total. The minimum absolute atomic E-state index is 0.111. The summed E-state index contributed by atoms with van der Waals surface area (Å²) >= 11 is 0. The maximum Gasteiger partial charge on any atom is 0.229 e. The lowest BCUT2D eigenvalue weighted by Crippen LogP contribution is -2.20. The Hall–Kier alpha value is -2.37. The smallest absolute Gasteiger partial charge is 0.229 e. The second kappa shape index (κ2) is 6.81. The lowest BCUT2D eigenvalue weighted by molar-refractivity contribution is 0.632. The van der Waals surface area contributed by atoms with E-state index in [0.717, 1.165) is 37.4 Å². The Kier molecular flexibility index (Phi) is 4.60. The molecule has 122 valence electrons. The average Bonchev–Trinajstić information content (AvgIpc) is 3.06. The SMILES string of the molecule is CCCc1cc(N2CCCC2)nc(Nc2ccc(F)c(N)c2)n1. The first-order chi connectivity index (χ1) is 11.2. The van der Waals surface area contributed by atoms with E-state index in [2.05, 4.69) is 33.2 Å². The minimum Gasteiger partial charge on any atom is -0.396 e. The maximum atomic E-state index is 13.3. The van der Waals surface area contributed by atoms with Crippen molar-refractivity contribution in [3.05, 3.63) is 35.8 Å². The summed E-state index contributed by atoms with van der Waals surface area (Å²) in [6.45, 7) is 4.20. The first-order valence-corrected chi connectivity index (χ1v) is 8.10. The lowest BCUT2D eigenvalue weighted by atomic mass is 10.2. The van der Waals surface area contributed by atoms with Crippen molar-refractivity contribution in [3.63, 3.8) is 0 Å². The Morgan fingerprint density at radius 1 is 1.22 bits per heavy atom. The van der Waals surface area contributed by atoms with Crippen LogP contribution >= 0.6 is 0 Å². The first-order valence-electron chi connectivity index (χ1n) is 8.10. The Balaban J connectivity index is 1.88. The molecule has 1 aromatic carbocycles. The summed E-state index contributed by atoms with van der Waals surface area (Å²) in [4.78, 5) is 11.5. The number of nitrogens with zero attached hydrogens (tertiary/aromatic N) is 3. The quantitative estimate of drug-likeness (QED) is 0.827. The molecule has 2 heterocycles. The highest BCUT2D eigenvalue weighted by Crippen LogP contribution is 2.23. The molecule has 23 heavy (non-hydrogen) atoms. The van der Waals surface area contributed by atoms with Crippen LogP contribution < -0.4 is 16.0 Å². The topological polar surface area (TPSA) is 67.1 Å². The van der Waals surface area contributed by atoms with Gasteiger partial charge in [-0.1, -0.05) is 13.3 Å². The van der Waals surface area contributed by atoms with Crippen molar-refractivity contribution in [2.75, 3.05) is 29.0 Å². The third kappa shape index (κ3) is 3.70. The molecule has 0 radical (unpaired) electrons. The van der Waals surface area contributed by atoms with Gasteiger partial charge in [-0.25, -0.2) is 9.37 Å². The predicted molar refractivity (Wildman–Crippen MR) is 91.6 cm³/mol. The molecule has 0 amide bonds. The van der Waals surface area contributed by atoms with Crippen molar-refractivity contribution in [1.29, 1.82) is 0 Å². The van der Waals surface area contributed by atoms with Gasteiger partial charge in [-0.15, -0.1) is 0 Å². The molecule has 1 aromatic heterocycles. The maximum absolute atomic E-state index is 13.3. The molecule has 2 aromatic rings. The number of rotatable bonds is 5. The number of hydrogen-bond acceptors (Lipinski definition) is 5. The summed E-state index contributed by atoms with van der Waals surface area (Å²) in [7, 11) is 0. The second-order valence-electron chi connectivity index (χ2n) is 5.85. The monoisotopic (exact) mass is 315 g/mol. The van der Waals surface area contributed by atoms with E-state index < -0.39 is 5.82 Å². The van der Waals surface area contributed by atoms with Gasteiger partial charge in [-0.3, -0.25) is 0 Å². The Labute approximate surface area is 135 Å². The summed E-state index contributed by atoms with van der Waals surface area (Å²) in [5, 5.41) is 3.14. The van der Waals surface area contributed by atoms with Crippen LogP contribution in [0.5, 0.6) is 0 Å². The van der Waals surface area contributed by atoms with Gasteiger partial charge in [0, 0.05) is 30.5 Å². The van der Waals surface area contributed by atoms with E-state index in [0.29, 0.717) is 11.6 Å². The molecule has 1 fully saturated rings. The molecule has 1 saturated heterocycles. The third-order valence-corrected chi connectivity index (χ3v) is 3.95. The number of hydrogen-bond donors (Lipinski definition) is 2. The van der Waals surface area contributed by atoms with Crippen LogP contribution in [0.15, 0.2) is 24.3 Å². The lowest BCUT2D eigenvalue weighted by Gasteiger charge is -2.18. The fourth-order valence-corrected chi connectivity index (χ4v) is 2.78. The van der Waals surface area contributed by atoms with Gasteiger partial charge in [-0.05, 0) is 37.5 Å². The first kappa shape index (κ1) is 15.5. The number of nitrogen functional groups attached to an aromatic ring is 1. The summed E-state index contributed by atoms with van der Waals surface area (Å²) in [6.07, 6.45) is 4.33. The van der Waals surface area contributed by atoms with Gasteiger partial charge in [0.2, 0.25) is 5.95 Å². The summed E-state index contributed by atoms with van der Waals surface area (Å²) in [5.41, 5.74) is 7.43. The largest absolute Gasteiger partial charge is 0.396 e. The number of anilines is 4. The highest BCUT2D eigenvalue weighted by atomic mass is 19.1. The molecule has 0 aliphatic carbocycles. The average molecular weight is 315 g/mol. The molecule has 1 aliphatic rings. The van der Waals surface area contributed by atoms with Gasteiger partial charge < -0.3 is 16.0 Å². The van der Waals surface area contributed by atoms with Gasteiger partial charge in [0.25, 0.3) is 0 Å². The highest BCUT2D eigenvalue weighted by molar-refractivity contribution is 5.61. The molecule has 0 unspecified atom stereocenters. The fourth-order valence-electron chi connectivity index (χ4n) is 2.78. The zero-order valence-electron chi connectivity index (χ0n) is 13.3. The van der Waals surface area contributed by atoms with E-state index in [9.17, 15) is 4.39 Å². The molecule has 5 nitrogen and oxygen atoms in total. The van der Waals surface area contributed by atoms with Crippen molar-refractivity contribution in [2.45, 2.75) is 32.6 Å². The summed E-state index contributed by atoms with van der Waals surface area (Å²) < 4.78 is 13.3. The van der Waals surface area contributed by atoms with E-state index >= 15 is 0 Å². The molecule has 6 heteroatoms. The van der Waals surface area contributed by atoms with E-state index in [4.69, 9.17) is 5.73 Å². The van der Waals surface area contributed by atoms with Crippen LogP contribution in [0.2, 0.25) is 0 Å². The minimum atomic E-state index is -0.422. The van der Waals surface area contributed by atoms with Gasteiger partial charge in [-0.2, -0.15) is 4.98 Å². The molecule has 3 rings (SSSR count). The van der Waals surface area contributed by atoms with E-state index in [-0.39, 0.29) is 5.69 Å². The van der Waals surface area contributed by atoms with Gasteiger partial charge in [0.1, 0.15) is 11.6 Å². The van der Waals surface area contributed by atoms with Crippen LogP contribution in [-0.4, -0.2) is 23.1 Å². The van der Waals surface area contributed by atoms with Gasteiger partial charge >= 0.3 is 0 Å². The highest BCUT2D eigenvalue weighted by Gasteiger charge is 2.16. The molecule has 0 saturated carbocycles. The normalized spacial score (nSPS) is 14.3. The number of aryl methyl sites for hydroxylation is 1. The predicted octanol–water partition coefficient (Wildman–Crippen LogP) is 3.49. The Bertz CT molecular complexity index is 683. The fraction of sp³-hybridized carbons (Fsp3) is 0.412. The van der Waals surface area contributed by atoms with Crippen LogP contribution in [-0.2, 0) is 6.42 Å². The number of nitrogens with two attached hydrogens (primary N) is 1. The second-order valence-corrected chi connectivity index (χ2v) is 5.85. The van der Waals surface area contributed by atoms with Crippen molar-refractivity contribution < 1.29 is 4.39 Å². The summed E-state index contributed by atoms with van der Waals surface area (Å²) in [6, 6.07) is 6.60. The Morgan fingerprint density at radius 2 is 2.00 bits per heavy atom. The van der Waals surface area contributed by atoms with Crippen LogP contribution in [0.4, 0.5) is 27.5 Å². The van der Waals surface area contributed by atoms with Crippen molar-refractivity contribution in [1.82, 2.24) is 9.97 Å². The molecule has 0 bridgehead atoms. The summed E-state index contributed by atoms with van der Waals surface area (Å²) in [5.74, 6) is 1.07. The third-order valence-electron chi connectivity index (χ3n) is 3.95. The van der Waals surface area contributed by atoms with Crippen LogP contribution in [0, 0.1) is 5.82 Å². The Morgan fingerprint density at radius 3 is 2.70 bits per heavy atom. The zero-order valence-corrected chi connectivity index (χ0v) is 13.3. The number of benzene rings is 1. The zero-order chi connectivity index (χ0) is 16.2. The van der Waals surface area contributed by atoms with Crippen molar-refractivity contribution in [3.8, 4) is 0 Å². The van der Waals surface area contributed by atoms with Crippen LogP contribution in [0.3, 0.4) is 0 Å². The molecule has 1 aliphatic heterocycles. The van der Waals surface area contributed by atoms with Crippen LogP contribution in [0.25, 0.3) is 0 Å². The van der Waals surface area contributed by atoms with Crippen molar-refractivity contribution >= 4 is 23.1 Å². The molecule has 0 atom stereocenters.